The summed E-state index contributed by atoms with van der Waals surface area (Å²) in [7, 11) is 0. The third-order valence-electron chi connectivity index (χ3n) is 4.95. The average molecular weight is 440 g/mol. The second kappa shape index (κ2) is 13.4. The van der Waals surface area contributed by atoms with Gasteiger partial charge in [0, 0.05) is 37.8 Å². The van der Waals surface area contributed by atoms with Crippen LogP contribution < -0.4 is 11.1 Å². The molecule has 1 amide bonds. The van der Waals surface area contributed by atoms with E-state index in [1.165, 1.54) is 5.56 Å². The van der Waals surface area contributed by atoms with Gasteiger partial charge in [-0.2, -0.15) is 0 Å². The first-order chi connectivity index (χ1) is 13.2. The number of nitrogens with zero attached hydrogens (tertiary/aromatic N) is 1. The summed E-state index contributed by atoms with van der Waals surface area (Å²) in [6.45, 7) is 4.21. The number of carbonyl (C=O) groups excluding carboxylic acids is 1. The van der Waals surface area contributed by atoms with Crippen molar-refractivity contribution in [1.82, 2.24) is 10.2 Å². The molecule has 29 heavy (non-hydrogen) atoms. The minimum atomic E-state index is 0. The number of morpholine rings is 1. The van der Waals surface area contributed by atoms with Crippen LogP contribution >= 0.6 is 24.8 Å². The Kier molecular flexibility index (Phi) is 11.7. The fourth-order valence-electron chi connectivity index (χ4n) is 3.47. The van der Waals surface area contributed by atoms with Crippen molar-refractivity contribution in [1.29, 1.82) is 0 Å². The minimum absolute atomic E-state index is 0. The lowest BCUT2D eigenvalue weighted by Crippen LogP contribution is -2.48. The van der Waals surface area contributed by atoms with E-state index in [-0.39, 0.29) is 36.8 Å². The molecule has 5 nitrogen and oxygen atoms in total. The van der Waals surface area contributed by atoms with E-state index in [2.05, 4.69) is 22.3 Å². The second-order valence-electron chi connectivity index (χ2n) is 7.07. The monoisotopic (exact) mass is 439 g/mol. The molecule has 1 atom stereocenters. The smallest absolute Gasteiger partial charge is 0.220 e. The Morgan fingerprint density at radius 1 is 1.03 bits per heavy atom. The van der Waals surface area contributed by atoms with E-state index in [0.717, 1.165) is 50.5 Å². The molecule has 0 aliphatic carbocycles. The summed E-state index contributed by atoms with van der Waals surface area (Å²) < 4.78 is 5.44. The number of hydrogen-bond donors (Lipinski definition) is 2. The molecular formula is C22H31Cl2N3O2. The number of ether oxygens (including phenoxy) is 1. The van der Waals surface area contributed by atoms with Gasteiger partial charge in [0.05, 0.1) is 13.2 Å². The predicted molar refractivity (Wildman–Crippen MR) is 123 cm³/mol. The molecule has 1 saturated heterocycles. The van der Waals surface area contributed by atoms with E-state index < -0.39 is 0 Å². The highest BCUT2D eigenvalue weighted by atomic mass is 35.5. The number of anilines is 1. The Morgan fingerprint density at radius 3 is 2.38 bits per heavy atom. The summed E-state index contributed by atoms with van der Waals surface area (Å²) in [5.74, 6) is 0.0763. The summed E-state index contributed by atoms with van der Waals surface area (Å²) in [5, 5.41) is 3.24. The second-order valence-corrected chi connectivity index (χ2v) is 7.07. The highest BCUT2D eigenvalue weighted by Crippen LogP contribution is 2.13. The van der Waals surface area contributed by atoms with Crippen molar-refractivity contribution in [2.45, 2.75) is 25.3 Å². The molecule has 1 fully saturated rings. The van der Waals surface area contributed by atoms with Crippen molar-refractivity contribution in [2.24, 2.45) is 0 Å². The van der Waals surface area contributed by atoms with Crippen LogP contribution in [-0.2, 0) is 22.4 Å². The summed E-state index contributed by atoms with van der Waals surface area (Å²) in [4.78, 5) is 14.9. The number of nitrogens with one attached hydrogen (secondary N) is 1. The SMILES string of the molecule is Cl.Cl.Nc1ccccc1CCC(=O)NC(Cc1ccccc1)CN1CCOCC1. The zero-order valence-corrected chi connectivity index (χ0v) is 18.2. The summed E-state index contributed by atoms with van der Waals surface area (Å²) in [5.41, 5.74) is 9.00. The normalized spacial score (nSPS) is 14.9. The van der Waals surface area contributed by atoms with Gasteiger partial charge in [0.2, 0.25) is 5.91 Å². The van der Waals surface area contributed by atoms with Gasteiger partial charge in [0.15, 0.2) is 0 Å². The molecule has 7 heteroatoms. The van der Waals surface area contributed by atoms with E-state index in [0.29, 0.717) is 12.8 Å². The lowest BCUT2D eigenvalue weighted by Gasteiger charge is -2.31. The number of aryl methyl sites for hydroxylation is 1. The molecule has 1 heterocycles. The van der Waals surface area contributed by atoms with Crippen LogP contribution in [0.2, 0.25) is 0 Å². The molecule has 2 aromatic carbocycles. The van der Waals surface area contributed by atoms with Crippen LogP contribution in [0.5, 0.6) is 0 Å². The Hall–Kier alpha value is -1.79. The number of nitrogen functional groups attached to an aromatic ring is 1. The maximum absolute atomic E-state index is 12.6. The molecule has 0 spiro atoms. The highest BCUT2D eigenvalue weighted by Gasteiger charge is 2.19. The van der Waals surface area contributed by atoms with Crippen molar-refractivity contribution < 1.29 is 9.53 Å². The molecule has 0 radical (unpaired) electrons. The van der Waals surface area contributed by atoms with E-state index in [1.54, 1.807) is 0 Å². The third kappa shape index (κ3) is 8.62. The van der Waals surface area contributed by atoms with E-state index >= 15 is 0 Å². The molecule has 1 unspecified atom stereocenters. The Bertz CT molecular complexity index is 725. The zero-order chi connectivity index (χ0) is 18.9. The molecular weight excluding hydrogens is 409 g/mol. The van der Waals surface area contributed by atoms with Gasteiger partial charge in [-0.1, -0.05) is 48.5 Å². The first kappa shape index (κ1) is 25.2. The lowest BCUT2D eigenvalue weighted by atomic mass is 10.0. The highest BCUT2D eigenvalue weighted by molar-refractivity contribution is 5.85. The Labute approximate surface area is 185 Å². The molecule has 1 aliphatic heterocycles. The standard InChI is InChI=1S/C22H29N3O2.2ClH/c23-21-9-5-4-8-19(21)10-11-22(26)24-20(16-18-6-2-1-3-7-18)17-25-12-14-27-15-13-25;;/h1-9,20H,10-17,23H2,(H,24,26);2*1H. The molecule has 3 rings (SSSR count). The predicted octanol–water partition coefficient (Wildman–Crippen LogP) is 3.10. The molecule has 3 N–H and O–H groups in total. The number of carbonyl (C=O) groups is 1. The third-order valence-corrected chi connectivity index (χ3v) is 4.95. The maximum Gasteiger partial charge on any atom is 0.220 e. The molecule has 0 bridgehead atoms. The van der Waals surface area contributed by atoms with Gasteiger partial charge in [0.1, 0.15) is 0 Å². The van der Waals surface area contributed by atoms with Crippen molar-refractivity contribution in [3.63, 3.8) is 0 Å². The molecule has 160 valence electrons. The van der Waals surface area contributed by atoms with Gasteiger partial charge < -0.3 is 15.8 Å². The maximum atomic E-state index is 12.6. The molecule has 2 aromatic rings. The van der Waals surface area contributed by atoms with Crippen LogP contribution in [-0.4, -0.2) is 49.7 Å². The van der Waals surface area contributed by atoms with Gasteiger partial charge in [-0.05, 0) is 30.0 Å². The van der Waals surface area contributed by atoms with E-state index in [9.17, 15) is 4.79 Å². The number of halogens is 2. The number of benzene rings is 2. The van der Waals surface area contributed by atoms with Crippen molar-refractivity contribution in [3.8, 4) is 0 Å². The van der Waals surface area contributed by atoms with Crippen LogP contribution in [0.1, 0.15) is 17.5 Å². The van der Waals surface area contributed by atoms with Crippen LogP contribution in [0.25, 0.3) is 0 Å². The number of hydrogen-bond acceptors (Lipinski definition) is 4. The van der Waals surface area contributed by atoms with Gasteiger partial charge >= 0.3 is 0 Å². The summed E-state index contributed by atoms with van der Waals surface area (Å²) in [6.07, 6.45) is 1.94. The van der Waals surface area contributed by atoms with Gasteiger partial charge in [0.25, 0.3) is 0 Å². The van der Waals surface area contributed by atoms with Crippen LogP contribution in [0.15, 0.2) is 54.6 Å². The summed E-state index contributed by atoms with van der Waals surface area (Å²) in [6, 6.07) is 18.2. The average Bonchev–Trinajstić information content (AvgIpc) is 2.69. The Morgan fingerprint density at radius 2 is 1.69 bits per heavy atom. The van der Waals surface area contributed by atoms with E-state index in [4.69, 9.17) is 10.5 Å². The van der Waals surface area contributed by atoms with Gasteiger partial charge in [-0.25, -0.2) is 0 Å². The van der Waals surface area contributed by atoms with Crippen LogP contribution in [0.4, 0.5) is 5.69 Å². The van der Waals surface area contributed by atoms with Crippen LogP contribution in [0.3, 0.4) is 0 Å². The van der Waals surface area contributed by atoms with Crippen LogP contribution in [0, 0.1) is 0 Å². The Balaban J connectivity index is 0.00000210. The fourth-order valence-corrected chi connectivity index (χ4v) is 3.47. The first-order valence-corrected chi connectivity index (χ1v) is 9.67. The fraction of sp³-hybridized carbons (Fsp3) is 0.409. The number of rotatable bonds is 8. The molecule has 0 aromatic heterocycles. The summed E-state index contributed by atoms with van der Waals surface area (Å²) >= 11 is 0. The zero-order valence-electron chi connectivity index (χ0n) is 16.6. The van der Waals surface area contributed by atoms with Gasteiger partial charge in [-0.3, -0.25) is 9.69 Å². The van der Waals surface area contributed by atoms with Crippen molar-refractivity contribution in [2.75, 3.05) is 38.6 Å². The lowest BCUT2D eigenvalue weighted by molar-refractivity contribution is -0.122. The topological polar surface area (TPSA) is 67.6 Å². The van der Waals surface area contributed by atoms with Crippen molar-refractivity contribution in [3.05, 3.63) is 65.7 Å². The minimum Gasteiger partial charge on any atom is -0.399 e. The quantitative estimate of drug-likeness (QED) is 0.620. The molecule has 0 saturated carbocycles. The number of nitrogens with two attached hydrogens (primary N) is 1. The molecule has 1 aliphatic rings. The number of amides is 1. The largest absolute Gasteiger partial charge is 0.399 e. The van der Waals surface area contributed by atoms with Crippen molar-refractivity contribution >= 4 is 36.4 Å². The number of para-hydroxylation sites is 1. The van der Waals surface area contributed by atoms with E-state index in [1.807, 2.05) is 42.5 Å². The van der Waals surface area contributed by atoms with Gasteiger partial charge in [-0.15, -0.1) is 24.8 Å². The first-order valence-electron chi connectivity index (χ1n) is 9.67.